The highest BCUT2D eigenvalue weighted by Gasteiger charge is 2.27. The zero-order chi connectivity index (χ0) is 18.1. The highest BCUT2D eigenvalue weighted by atomic mass is 16.2. The zero-order valence-corrected chi connectivity index (χ0v) is 15.6. The first-order valence-electron chi connectivity index (χ1n) is 9.55. The predicted molar refractivity (Wildman–Crippen MR) is 103 cm³/mol. The first kappa shape index (κ1) is 17.0. The second-order valence-corrected chi connectivity index (χ2v) is 7.43. The van der Waals surface area contributed by atoms with Gasteiger partial charge in [0.15, 0.2) is 0 Å². The standard InChI is InChI=1S/C21H26N4O/c1-15-22-11-8-20(23-15)25-12-9-19(10-13-25)24(2)21(26)18-7-6-16-4-3-5-17(16)14-18/h6-8,11,14,19H,3-5,9-10,12-13H2,1-2H3. The van der Waals surface area contributed by atoms with Crippen LogP contribution in [0.1, 0.15) is 46.6 Å². The van der Waals surface area contributed by atoms with Crippen molar-refractivity contribution in [3.05, 3.63) is 53.0 Å². The number of nitrogens with zero attached hydrogens (tertiary/aromatic N) is 4. The van der Waals surface area contributed by atoms with Crippen LogP contribution < -0.4 is 4.90 Å². The first-order chi connectivity index (χ1) is 12.6. The number of aromatic nitrogens is 2. The maximum Gasteiger partial charge on any atom is 0.253 e. The summed E-state index contributed by atoms with van der Waals surface area (Å²) in [6.45, 7) is 3.76. The highest BCUT2D eigenvalue weighted by Crippen LogP contribution is 2.25. The molecule has 0 spiro atoms. The lowest BCUT2D eigenvalue weighted by molar-refractivity contribution is 0.0709. The largest absolute Gasteiger partial charge is 0.356 e. The Morgan fingerprint density at radius 2 is 1.92 bits per heavy atom. The van der Waals surface area contributed by atoms with Crippen LogP contribution in [0.15, 0.2) is 30.5 Å². The fraction of sp³-hybridized carbons (Fsp3) is 0.476. The summed E-state index contributed by atoms with van der Waals surface area (Å²) in [4.78, 5) is 25.9. The Balaban J connectivity index is 1.40. The first-order valence-corrected chi connectivity index (χ1v) is 9.55. The molecule has 0 saturated carbocycles. The molecule has 1 aromatic heterocycles. The number of aryl methyl sites for hydroxylation is 3. The van der Waals surface area contributed by atoms with Gasteiger partial charge in [0, 0.05) is 37.9 Å². The zero-order valence-electron chi connectivity index (χ0n) is 15.6. The van der Waals surface area contributed by atoms with Gasteiger partial charge in [-0.25, -0.2) is 9.97 Å². The van der Waals surface area contributed by atoms with Gasteiger partial charge in [-0.2, -0.15) is 0 Å². The second-order valence-electron chi connectivity index (χ2n) is 7.43. The van der Waals surface area contributed by atoms with Gasteiger partial charge >= 0.3 is 0 Å². The van der Waals surface area contributed by atoms with Crippen LogP contribution in [0.4, 0.5) is 5.82 Å². The summed E-state index contributed by atoms with van der Waals surface area (Å²) in [7, 11) is 1.95. The topological polar surface area (TPSA) is 49.3 Å². The van der Waals surface area contributed by atoms with E-state index in [-0.39, 0.29) is 11.9 Å². The number of piperidine rings is 1. The van der Waals surface area contributed by atoms with Crippen molar-refractivity contribution in [2.24, 2.45) is 0 Å². The third-order valence-electron chi connectivity index (χ3n) is 5.76. The van der Waals surface area contributed by atoms with Gasteiger partial charge in [0.1, 0.15) is 11.6 Å². The molecule has 1 fully saturated rings. The SMILES string of the molecule is Cc1nccc(N2CCC(N(C)C(=O)c3ccc4c(c3)CCC4)CC2)n1. The number of hydrogen-bond donors (Lipinski definition) is 0. The van der Waals surface area contributed by atoms with Crippen LogP contribution in [0.25, 0.3) is 0 Å². The monoisotopic (exact) mass is 350 g/mol. The van der Waals surface area contributed by atoms with Gasteiger partial charge in [0.2, 0.25) is 0 Å². The average molecular weight is 350 g/mol. The minimum Gasteiger partial charge on any atom is -0.356 e. The molecule has 0 unspecified atom stereocenters. The van der Waals surface area contributed by atoms with E-state index in [1.54, 1.807) is 0 Å². The van der Waals surface area contributed by atoms with Crippen LogP contribution in [0.2, 0.25) is 0 Å². The summed E-state index contributed by atoms with van der Waals surface area (Å²) in [5.74, 6) is 1.94. The Labute approximate surface area is 155 Å². The van der Waals surface area contributed by atoms with Crippen molar-refractivity contribution in [3.8, 4) is 0 Å². The maximum atomic E-state index is 12.9. The molecule has 5 heteroatoms. The van der Waals surface area contributed by atoms with Crippen LogP contribution in [0, 0.1) is 6.92 Å². The van der Waals surface area contributed by atoms with Crippen LogP contribution in [-0.2, 0) is 12.8 Å². The number of carbonyl (C=O) groups excluding carboxylic acids is 1. The number of amides is 1. The minimum absolute atomic E-state index is 0.149. The summed E-state index contributed by atoms with van der Waals surface area (Å²) < 4.78 is 0. The van der Waals surface area contributed by atoms with E-state index < -0.39 is 0 Å². The lowest BCUT2D eigenvalue weighted by Gasteiger charge is -2.37. The molecule has 0 N–H and O–H groups in total. The number of anilines is 1. The molecule has 1 saturated heterocycles. The van der Waals surface area contributed by atoms with Crippen molar-refractivity contribution in [3.63, 3.8) is 0 Å². The average Bonchev–Trinajstić information content (AvgIpc) is 3.15. The van der Waals surface area contributed by atoms with Gasteiger partial charge in [-0.3, -0.25) is 4.79 Å². The summed E-state index contributed by atoms with van der Waals surface area (Å²) >= 11 is 0. The molecule has 0 bridgehead atoms. The summed E-state index contributed by atoms with van der Waals surface area (Å²) in [6.07, 6.45) is 7.22. The third kappa shape index (κ3) is 3.30. The van der Waals surface area contributed by atoms with Gasteiger partial charge in [0.25, 0.3) is 5.91 Å². The summed E-state index contributed by atoms with van der Waals surface area (Å²) in [6, 6.07) is 8.51. The van der Waals surface area contributed by atoms with E-state index in [9.17, 15) is 4.79 Å². The highest BCUT2D eigenvalue weighted by molar-refractivity contribution is 5.94. The van der Waals surface area contributed by atoms with E-state index in [0.717, 1.165) is 56.0 Å². The molecule has 2 heterocycles. The van der Waals surface area contributed by atoms with Crippen LogP contribution in [-0.4, -0.2) is 47.0 Å². The lowest BCUT2D eigenvalue weighted by Crippen LogP contribution is -2.46. The van der Waals surface area contributed by atoms with E-state index >= 15 is 0 Å². The van der Waals surface area contributed by atoms with Crippen molar-refractivity contribution >= 4 is 11.7 Å². The van der Waals surface area contributed by atoms with E-state index in [1.165, 1.54) is 17.5 Å². The Bertz CT molecular complexity index is 811. The number of hydrogen-bond acceptors (Lipinski definition) is 4. The summed E-state index contributed by atoms with van der Waals surface area (Å²) in [5, 5.41) is 0. The Kier molecular flexibility index (Phi) is 4.62. The van der Waals surface area contributed by atoms with E-state index in [4.69, 9.17) is 0 Å². The Morgan fingerprint density at radius 3 is 2.69 bits per heavy atom. The molecule has 26 heavy (non-hydrogen) atoms. The van der Waals surface area contributed by atoms with Crippen molar-refractivity contribution in [1.29, 1.82) is 0 Å². The molecule has 2 aliphatic rings. The fourth-order valence-electron chi connectivity index (χ4n) is 4.18. The molecule has 4 rings (SSSR count). The van der Waals surface area contributed by atoms with Gasteiger partial charge < -0.3 is 9.80 Å². The normalized spacial score (nSPS) is 17.2. The lowest BCUT2D eigenvalue weighted by atomic mass is 10.0. The molecule has 1 aliphatic heterocycles. The second kappa shape index (κ2) is 7.06. The number of rotatable bonds is 3. The van der Waals surface area contributed by atoms with E-state index in [0.29, 0.717) is 0 Å². The minimum atomic E-state index is 0.149. The molecule has 1 aliphatic carbocycles. The molecule has 0 radical (unpaired) electrons. The van der Waals surface area contributed by atoms with Crippen molar-refractivity contribution < 1.29 is 4.79 Å². The molecule has 136 valence electrons. The Morgan fingerprint density at radius 1 is 1.15 bits per heavy atom. The smallest absolute Gasteiger partial charge is 0.253 e. The van der Waals surface area contributed by atoms with Crippen molar-refractivity contribution in [1.82, 2.24) is 14.9 Å². The van der Waals surface area contributed by atoms with Gasteiger partial charge in [-0.15, -0.1) is 0 Å². The van der Waals surface area contributed by atoms with Crippen LogP contribution >= 0.6 is 0 Å². The van der Waals surface area contributed by atoms with Gasteiger partial charge in [0.05, 0.1) is 0 Å². The third-order valence-corrected chi connectivity index (χ3v) is 5.76. The molecule has 5 nitrogen and oxygen atoms in total. The molecular formula is C21H26N4O. The predicted octanol–water partition coefficient (Wildman–Crippen LogP) is 3.01. The van der Waals surface area contributed by atoms with E-state index in [2.05, 4.69) is 27.0 Å². The number of carbonyl (C=O) groups is 1. The summed E-state index contributed by atoms with van der Waals surface area (Å²) in [5.41, 5.74) is 3.61. The van der Waals surface area contributed by atoms with Crippen LogP contribution in [0.5, 0.6) is 0 Å². The fourth-order valence-corrected chi connectivity index (χ4v) is 4.18. The molecule has 1 amide bonds. The maximum absolute atomic E-state index is 12.9. The molecule has 1 aromatic carbocycles. The Hall–Kier alpha value is -2.43. The van der Waals surface area contributed by atoms with E-state index in [1.807, 2.05) is 37.2 Å². The molecule has 2 aromatic rings. The number of benzene rings is 1. The number of fused-ring (bicyclic) bond motifs is 1. The van der Waals surface area contributed by atoms with Gasteiger partial charge in [-0.05, 0) is 68.4 Å². The molecular weight excluding hydrogens is 324 g/mol. The van der Waals surface area contributed by atoms with Gasteiger partial charge in [-0.1, -0.05) is 6.07 Å². The van der Waals surface area contributed by atoms with Crippen molar-refractivity contribution in [2.45, 2.75) is 45.1 Å². The van der Waals surface area contributed by atoms with Crippen molar-refractivity contribution in [2.75, 3.05) is 25.0 Å². The van der Waals surface area contributed by atoms with Crippen LogP contribution in [0.3, 0.4) is 0 Å². The quantitative estimate of drug-likeness (QED) is 0.854. The molecule has 0 atom stereocenters.